The van der Waals surface area contributed by atoms with Gasteiger partial charge in [0.2, 0.25) is 0 Å². The van der Waals surface area contributed by atoms with Crippen molar-refractivity contribution < 1.29 is 4.57 Å². The summed E-state index contributed by atoms with van der Waals surface area (Å²) in [7, 11) is -2.03. The van der Waals surface area contributed by atoms with Crippen molar-refractivity contribution in [2.45, 2.75) is 19.3 Å². The van der Waals surface area contributed by atoms with Crippen LogP contribution < -0.4 is 0 Å². The van der Waals surface area contributed by atoms with E-state index in [-0.39, 0.29) is 0 Å². The minimum atomic E-state index is -2.03. The third kappa shape index (κ3) is 1.33. The average Bonchev–Trinajstić information content (AvgIpc) is 2.55. The monoisotopic (exact) mass is 218 g/mol. The first-order valence-corrected chi connectivity index (χ1v) is 7.90. The second-order valence-electron chi connectivity index (χ2n) is 4.68. The van der Waals surface area contributed by atoms with Gasteiger partial charge in [0.1, 0.15) is 7.14 Å². The number of benzene rings is 1. The van der Waals surface area contributed by atoms with Crippen LogP contribution in [-0.4, -0.2) is 12.8 Å². The van der Waals surface area contributed by atoms with Gasteiger partial charge in [-0.05, 0) is 37.1 Å². The molecule has 1 atom stereocenters. The Morgan fingerprint density at radius 1 is 1.13 bits per heavy atom. The summed E-state index contributed by atoms with van der Waals surface area (Å²) < 4.78 is 12.5. The predicted molar refractivity (Wildman–Crippen MR) is 64.7 cm³/mol. The first kappa shape index (κ1) is 9.42. The molecule has 0 fully saturated rings. The second kappa shape index (κ2) is 3.09. The fourth-order valence-electron chi connectivity index (χ4n) is 2.86. The Bertz CT molecular complexity index is 499. The molecule has 0 bridgehead atoms. The first-order chi connectivity index (χ1) is 7.18. The highest BCUT2D eigenvalue weighted by Gasteiger charge is 2.35. The van der Waals surface area contributed by atoms with E-state index in [1.165, 1.54) is 22.0 Å². The summed E-state index contributed by atoms with van der Waals surface area (Å²) in [4.78, 5) is 0. The van der Waals surface area contributed by atoms with Gasteiger partial charge < -0.3 is 4.57 Å². The maximum Gasteiger partial charge on any atom is 0.113 e. The molecule has 0 saturated heterocycles. The van der Waals surface area contributed by atoms with Crippen LogP contribution in [0.3, 0.4) is 0 Å². The van der Waals surface area contributed by atoms with Crippen LogP contribution in [0.2, 0.25) is 0 Å². The zero-order valence-electron chi connectivity index (χ0n) is 8.99. The maximum absolute atomic E-state index is 12.5. The lowest BCUT2D eigenvalue weighted by molar-refractivity contribution is 0.586. The molecule has 1 unspecified atom stereocenters. The lowest BCUT2D eigenvalue weighted by Crippen LogP contribution is -2.01. The third-order valence-corrected chi connectivity index (χ3v) is 6.20. The summed E-state index contributed by atoms with van der Waals surface area (Å²) in [6.45, 7) is 1.96. The number of aryl methyl sites for hydroxylation is 1. The smallest absolute Gasteiger partial charge is 0.113 e. The largest absolute Gasteiger partial charge is 0.319 e. The van der Waals surface area contributed by atoms with Crippen LogP contribution >= 0.6 is 7.14 Å². The molecule has 1 nitrogen and oxygen atoms in total. The molecule has 0 aromatic heterocycles. The average molecular weight is 218 g/mol. The number of hydrogen-bond donors (Lipinski definition) is 0. The number of rotatable bonds is 0. The van der Waals surface area contributed by atoms with E-state index >= 15 is 0 Å². The van der Waals surface area contributed by atoms with Gasteiger partial charge in [-0.25, -0.2) is 0 Å². The van der Waals surface area contributed by atoms with Crippen LogP contribution in [0, 0.1) is 0 Å². The van der Waals surface area contributed by atoms with Crippen LogP contribution in [0.4, 0.5) is 0 Å². The SMILES string of the molecule is CP1(=O)CCC2=C1c1ccccc1CC2. The van der Waals surface area contributed by atoms with Gasteiger partial charge in [0.05, 0.1) is 0 Å². The van der Waals surface area contributed by atoms with Gasteiger partial charge in [-0.1, -0.05) is 29.8 Å². The molecule has 1 aromatic rings. The Labute approximate surface area is 90.6 Å². The standard InChI is InChI=1S/C13H15OP/c1-15(14)9-8-11-7-6-10-4-2-3-5-12(10)13(11)15/h2-5H,6-9H2,1H3. The summed E-state index contributed by atoms with van der Waals surface area (Å²) in [5.74, 6) is 0. The number of fused-ring (bicyclic) bond motifs is 2. The van der Waals surface area contributed by atoms with E-state index in [4.69, 9.17) is 0 Å². The highest BCUT2D eigenvalue weighted by Crippen LogP contribution is 2.64. The normalized spacial score (nSPS) is 28.9. The van der Waals surface area contributed by atoms with Gasteiger partial charge in [-0.15, -0.1) is 0 Å². The molecule has 1 heterocycles. The molecule has 1 aromatic carbocycles. The molecule has 3 rings (SSSR count). The highest BCUT2D eigenvalue weighted by molar-refractivity contribution is 7.74. The lowest BCUT2D eigenvalue weighted by Gasteiger charge is -2.20. The molecular weight excluding hydrogens is 203 g/mol. The van der Waals surface area contributed by atoms with Crippen molar-refractivity contribution in [1.29, 1.82) is 0 Å². The van der Waals surface area contributed by atoms with Gasteiger partial charge in [0.15, 0.2) is 0 Å². The maximum atomic E-state index is 12.5. The molecule has 0 radical (unpaired) electrons. The molecule has 1 aliphatic heterocycles. The van der Waals surface area contributed by atoms with E-state index in [9.17, 15) is 4.57 Å². The topological polar surface area (TPSA) is 17.1 Å². The van der Waals surface area contributed by atoms with Crippen molar-refractivity contribution in [3.05, 3.63) is 41.0 Å². The molecule has 0 amide bonds. The minimum absolute atomic E-state index is 0.895. The number of allylic oxidation sites excluding steroid dienone is 1. The Morgan fingerprint density at radius 2 is 1.93 bits per heavy atom. The fraction of sp³-hybridized carbons (Fsp3) is 0.385. The van der Waals surface area contributed by atoms with E-state index < -0.39 is 7.14 Å². The van der Waals surface area contributed by atoms with Crippen LogP contribution in [0.15, 0.2) is 29.8 Å². The fourth-order valence-corrected chi connectivity index (χ4v) is 5.40. The van der Waals surface area contributed by atoms with E-state index in [0.717, 1.165) is 25.4 Å². The Hall–Kier alpha value is -0.810. The summed E-state index contributed by atoms with van der Waals surface area (Å²) >= 11 is 0. The summed E-state index contributed by atoms with van der Waals surface area (Å²) in [6, 6.07) is 8.47. The van der Waals surface area contributed by atoms with Crippen molar-refractivity contribution in [3.63, 3.8) is 0 Å². The first-order valence-electron chi connectivity index (χ1n) is 5.56. The summed E-state index contributed by atoms with van der Waals surface area (Å²) in [5.41, 5.74) is 4.14. The zero-order chi connectivity index (χ0) is 10.5. The molecule has 0 N–H and O–H groups in total. The quantitative estimate of drug-likeness (QED) is 0.606. The van der Waals surface area contributed by atoms with Crippen LogP contribution in [-0.2, 0) is 11.0 Å². The van der Waals surface area contributed by atoms with Gasteiger partial charge >= 0.3 is 0 Å². The van der Waals surface area contributed by atoms with Crippen LogP contribution in [0.1, 0.15) is 24.0 Å². The molecule has 15 heavy (non-hydrogen) atoms. The van der Waals surface area contributed by atoms with Gasteiger partial charge in [-0.2, -0.15) is 0 Å². The van der Waals surface area contributed by atoms with Crippen molar-refractivity contribution in [2.24, 2.45) is 0 Å². The zero-order valence-corrected chi connectivity index (χ0v) is 9.89. The number of hydrogen-bond acceptors (Lipinski definition) is 1. The molecular formula is C13H15OP. The van der Waals surface area contributed by atoms with Crippen molar-refractivity contribution in [1.82, 2.24) is 0 Å². The van der Waals surface area contributed by atoms with Crippen molar-refractivity contribution in [3.8, 4) is 0 Å². The second-order valence-corrected chi connectivity index (χ2v) is 7.78. The Balaban J connectivity index is 2.26. The van der Waals surface area contributed by atoms with Crippen molar-refractivity contribution in [2.75, 3.05) is 12.8 Å². The molecule has 0 saturated carbocycles. The van der Waals surface area contributed by atoms with Gasteiger partial charge in [0.25, 0.3) is 0 Å². The van der Waals surface area contributed by atoms with E-state index in [1.807, 2.05) is 6.66 Å². The third-order valence-electron chi connectivity index (χ3n) is 3.62. The van der Waals surface area contributed by atoms with Crippen molar-refractivity contribution >= 4 is 12.5 Å². The lowest BCUT2D eigenvalue weighted by atomic mass is 9.91. The summed E-state index contributed by atoms with van der Waals surface area (Å²) in [5, 5.41) is 1.23. The molecule has 1 aliphatic carbocycles. The van der Waals surface area contributed by atoms with E-state index in [1.54, 1.807) is 0 Å². The predicted octanol–water partition coefficient (Wildman–Crippen LogP) is 3.74. The Morgan fingerprint density at radius 3 is 2.80 bits per heavy atom. The summed E-state index contributed by atoms with van der Waals surface area (Å²) in [6.07, 6.45) is 4.22. The molecule has 2 aliphatic rings. The minimum Gasteiger partial charge on any atom is -0.319 e. The van der Waals surface area contributed by atoms with Gasteiger partial charge in [-0.3, -0.25) is 0 Å². The highest BCUT2D eigenvalue weighted by atomic mass is 31.2. The van der Waals surface area contributed by atoms with E-state index in [0.29, 0.717) is 0 Å². The van der Waals surface area contributed by atoms with E-state index in [2.05, 4.69) is 24.3 Å². The van der Waals surface area contributed by atoms with Gasteiger partial charge in [0, 0.05) is 11.5 Å². The van der Waals surface area contributed by atoms with Crippen LogP contribution in [0.25, 0.3) is 5.31 Å². The molecule has 2 heteroatoms. The molecule has 78 valence electrons. The Kier molecular flexibility index (Phi) is 1.94. The van der Waals surface area contributed by atoms with Crippen LogP contribution in [0.5, 0.6) is 0 Å². The molecule has 0 spiro atoms.